The smallest absolute Gasteiger partial charge is 0.272 e. The minimum absolute atomic E-state index is 0.0907. The van der Waals surface area contributed by atoms with Crippen molar-refractivity contribution in [3.05, 3.63) is 40.7 Å². The van der Waals surface area contributed by atoms with Crippen LogP contribution in [0, 0.1) is 0 Å². The summed E-state index contributed by atoms with van der Waals surface area (Å²) < 4.78 is 1.40. The molecule has 2 aromatic rings. The van der Waals surface area contributed by atoms with Crippen LogP contribution in [-0.4, -0.2) is 19.7 Å². The number of hydrogen-bond acceptors (Lipinski definition) is 3. The van der Waals surface area contributed by atoms with E-state index in [2.05, 4.69) is 15.1 Å². The molecule has 5 heteroatoms. The van der Waals surface area contributed by atoms with E-state index in [1.54, 1.807) is 24.7 Å². The predicted octanol–water partition coefficient (Wildman–Crippen LogP) is 1.25. The lowest BCUT2D eigenvalue weighted by Crippen LogP contribution is -2.15. The van der Waals surface area contributed by atoms with Gasteiger partial charge < -0.3 is 0 Å². The second-order valence-electron chi connectivity index (χ2n) is 4.66. The van der Waals surface area contributed by atoms with Gasteiger partial charge in [-0.1, -0.05) is 20.8 Å². The van der Waals surface area contributed by atoms with Crippen molar-refractivity contribution in [3.63, 3.8) is 0 Å². The molecule has 1 N–H and O–H groups in total. The molecule has 2 rings (SSSR count). The number of rotatable bonds is 1. The number of H-pyrrole nitrogens is 1. The van der Waals surface area contributed by atoms with Crippen molar-refractivity contribution < 1.29 is 0 Å². The zero-order valence-corrected chi connectivity index (χ0v) is 9.56. The maximum Gasteiger partial charge on any atom is 0.272 e. The van der Waals surface area contributed by atoms with E-state index in [-0.39, 0.29) is 11.0 Å². The van der Waals surface area contributed by atoms with Crippen LogP contribution >= 0.6 is 0 Å². The van der Waals surface area contributed by atoms with Crippen LogP contribution in [0.25, 0.3) is 5.82 Å². The maximum atomic E-state index is 11.8. The zero-order valence-electron chi connectivity index (χ0n) is 9.56. The third-order valence-corrected chi connectivity index (χ3v) is 2.31. The van der Waals surface area contributed by atoms with Crippen LogP contribution in [0.1, 0.15) is 26.5 Å². The van der Waals surface area contributed by atoms with Crippen LogP contribution in [0.15, 0.2) is 29.5 Å². The predicted molar refractivity (Wildman–Crippen MR) is 60.7 cm³/mol. The summed E-state index contributed by atoms with van der Waals surface area (Å²) in [6, 6.07) is 1.59. The average Bonchev–Trinajstić information content (AvgIpc) is 2.61. The highest BCUT2D eigenvalue weighted by Gasteiger charge is 2.18. The Kier molecular flexibility index (Phi) is 2.38. The maximum absolute atomic E-state index is 11.8. The van der Waals surface area contributed by atoms with Crippen molar-refractivity contribution in [1.29, 1.82) is 0 Å². The normalized spacial score (nSPS) is 11.7. The molecule has 84 valence electrons. The van der Waals surface area contributed by atoms with E-state index in [1.807, 2.05) is 20.8 Å². The number of hydrogen-bond donors (Lipinski definition) is 1. The van der Waals surface area contributed by atoms with Crippen molar-refractivity contribution in [1.82, 2.24) is 19.7 Å². The van der Waals surface area contributed by atoms with Crippen molar-refractivity contribution in [2.75, 3.05) is 0 Å². The molecule has 0 saturated carbocycles. The van der Waals surface area contributed by atoms with E-state index < -0.39 is 0 Å². The molecular formula is C11H14N4O. The van der Waals surface area contributed by atoms with Gasteiger partial charge in [-0.05, 0) is 0 Å². The lowest BCUT2D eigenvalue weighted by atomic mass is 9.93. The fourth-order valence-electron chi connectivity index (χ4n) is 1.36. The van der Waals surface area contributed by atoms with Crippen LogP contribution in [0.5, 0.6) is 0 Å². The van der Waals surface area contributed by atoms with Gasteiger partial charge in [0.15, 0.2) is 5.82 Å². The molecule has 0 saturated heterocycles. The molecule has 16 heavy (non-hydrogen) atoms. The SMILES string of the molecule is CC(C)(C)c1cc(=O)n(-c2cnccn2)[nH]1. The molecule has 0 spiro atoms. The van der Waals surface area contributed by atoms with Crippen molar-refractivity contribution >= 4 is 0 Å². The standard InChI is InChI=1S/C11H14N4O/c1-11(2,3)8-6-10(16)15(14-8)9-7-12-4-5-13-9/h4-7,14H,1-3H3. The molecule has 0 atom stereocenters. The second-order valence-corrected chi connectivity index (χ2v) is 4.66. The van der Waals surface area contributed by atoms with Gasteiger partial charge in [0.25, 0.3) is 5.56 Å². The van der Waals surface area contributed by atoms with Crippen LogP contribution in [0.3, 0.4) is 0 Å². The minimum atomic E-state index is -0.120. The van der Waals surface area contributed by atoms with Gasteiger partial charge in [-0.2, -0.15) is 4.68 Å². The Morgan fingerprint density at radius 1 is 1.31 bits per heavy atom. The fourth-order valence-corrected chi connectivity index (χ4v) is 1.36. The highest BCUT2D eigenvalue weighted by Crippen LogP contribution is 2.18. The molecule has 0 aromatic carbocycles. The summed E-state index contributed by atoms with van der Waals surface area (Å²) in [5.41, 5.74) is 0.667. The molecule has 0 bridgehead atoms. The summed E-state index contributed by atoms with van der Waals surface area (Å²) in [5, 5.41) is 3.04. The van der Waals surface area contributed by atoms with E-state index in [9.17, 15) is 4.79 Å². The lowest BCUT2D eigenvalue weighted by Gasteiger charge is -2.15. The molecule has 0 radical (unpaired) electrons. The van der Waals surface area contributed by atoms with Gasteiger partial charge in [0.2, 0.25) is 0 Å². The van der Waals surface area contributed by atoms with E-state index in [0.717, 1.165) is 5.69 Å². The number of nitrogens with zero attached hydrogens (tertiary/aromatic N) is 3. The minimum Gasteiger partial charge on any atom is -0.293 e. The molecule has 0 aliphatic rings. The van der Waals surface area contributed by atoms with Crippen LogP contribution < -0.4 is 5.56 Å². The molecule has 0 aliphatic heterocycles. The highest BCUT2D eigenvalue weighted by atomic mass is 16.1. The number of aromatic nitrogens is 4. The van der Waals surface area contributed by atoms with Crippen molar-refractivity contribution in [2.24, 2.45) is 0 Å². The van der Waals surface area contributed by atoms with E-state index >= 15 is 0 Å². The zero-order chi connectivity index (χ0) is 11.8. The van der Waals surface area contributed by atoms with Gasteiger partial charge in [-0.15, -0.1) is 0 Å². The number of nitrogens with one attached hydrogen (secondary N) is 1. The summed E-state index contributed by atoms with van der Waals surface area (Å²) >= 11 is 0. The van der Waals surface area contributed by atoms with Crippen LogP contribution in [-0.2, 0) is 5.41 Å². The third-order valence-electron chi connectivity index (χ3n) is 2.31. The third kappa shape index (κ3) is 1.88. The van der Waals surface area contributed by atoms with Gasteiger partial charge in [-0.25, -0.2) is 4.98 Å². The summed E-state index contributed by atoms with van der Waals surface area (Å²) in [7, 11) is 0. The van der Waals surface area contributed by atoms with Crippen molar-refractivity contribution in [3.8, 4) is 5.82 Å². The molecule has 0 aliphatic carbocycles. The van der Waals surface area contributed by atoms with Gasteiger partial charge in [0.05, 0.1) is 6.20 Å². The molecule has 5 nitrogen and oxygen atoms in total. The van der Waals surface area contributed by atoms with E-state index in [4.69, 9.17) is 0 Å². The second kappa shape index (κ2) is 3.59. The number of aromatic amines is 1. The van der Waals surface area contributed by atoms with E-state index in [0.29, 0.717) is 5.82 Å². The molecule has 2 aromatic heterocycles. The Labute approximate surface area is 93.2 Å². The van der Waals surface area contributed by atoms with Crippen LogP contribution in [0.2, 0.25) is 0 Å². The molecule has 0 fully saturated rings. The molecular weight excluding hydrogens is 204 g/mol. The first-order chi connectivity index (χ1) is 7.48. The first-order valence-electron chi connectivity index (χ1n) is 5.07. The Bertz CT molecular complexity index is 533. The van der Waals surface area contributed by atoms with Gasteiger partial charge in [0.1, 0.15) is 0 Å². The summed E-state index contributed by atoms with van der Waals surface area (Å²) in [6.45, 7) is 6.12. The summed E-state index contributed by atoms with van der Waals surface area (Å²) in [6.07, 6.45) is 4.67. The fraction of sp³-hybridized carbons (Fsp3) is 0.364. The topological polar surface area (TPSA) is 63.6 Å². The summed E-state index contributed by atoms with van der Waals surface area (Å²) in [4.78, 5) is 19.8. The Balaban J connectivity index is 2.53. The van der Waals surface area contributed by atoms with Gasteiger partial charge >= 0.3 is 0 Å². The Hall–Kier alpha value is -1.91. The Morgan fingerprint density at radius 3 is 2.56 bits per heavy atom. The molecule has 0 unspecified atom stereocenters. The average molecular weight is 218 g/mol. The quantitative estimate of drug-likeness (QED) is 0.783. The van der Waals surface area contributed by atoms with Crippen molar-refractivity contribution in [2.45, 2.75) is 26.2 Å². The van der Waals surface area contributed by atoms with E-state index in [1.165, 1.54) is 4.68 Å². The molecule has 0 amide bonds. The Morgan fingerprint density at radius 2 is 2.06 bits per heavy atom. The monoisotopic (exact) mass is 218 g/mol. The van der Waals surface area contributed by atoms with Crippen LogP contribution in [0.4, 0.5) is 0 Å². The van der Waals surface area contributed by atoms with Gasteiger partial charge in [-0.3, -0.25) is 14.9 Å². The lowest BCUT2D eigenvalue weighted by molar-refractivity contribution is 0.559. The first kappa shape index (κ1) is 10.6. The largest absolute Gasteiger partial charge is 0.293 e. The first-order valence-corrected chi connectivity index (χ1v) is 5.07. The molecule has 2 heterocycles. The van der Waals surface area contributed by atoms with Gasteiger partial charge in [0, 0.05) is 29.6 Å². The highest BCUT2D eigenvalue weighted by molar-refractivity contribution is 5.20. The summed E-state index contributed by atoms with van der Waals surface area (Å²) in [5.74, 6) is 0.503.